The Balaban J connectivity index is 1.80. The molecule has 0 aliphatic carbocycles. The molecule has 0 saturated heterocycles. The molecule has 0 amide bonds. The summed E-state index contributed by atoms with van der Waals surface area (Å²) in [6.45, 7) is -0.424. The molecule has 0 unspecified atom stereocenters. The number of nitrogens with zero attached hydrogens (tertiary/aromatic N) is 1. The first kappa shape index (κ1) is 20.8. The Labute approximate surface area is 163 Å². The highest BCUT2D eigenvalue weighted by Crippen LogP contribution is 2.31. The fourth-order valence-electron chi connectivity index (χ4n) is 2.20. The van der Waals surface area contributed by atoms with E-state index in [0.29, 0.717) is 10.7 Å². The first-order valence-electron chi connectivity index (χ1n) is 7.58. The SMILES string of the molecule is O=C(O)c1cc(CNS(=O)(=O)c2cccc(C(F)(F)F)c2)sc1Nn1c(=O)c1=O. The summed E-state index contributed by atoms with van der Waals surface area (Å²) in [7, 11) is -4.32. The molecule has 154 valence electrons. The van der Waals surface area contributed by atoms with Crippen molar-refractivity contribution in [1.29, 1.82) is 0 Å². The highest BCUT2D eigenvalue weighted by molar-refractivity contribution is 7.89. The maximum absolute atomic E-state index is 12.8. The molecule has 0 saturated carbocycles. The molecule has 2 heterocycles. The molecule has 14 heteroatoms. The van der Waals surface area contributed by atoms with Crippen molar-refractivity contribution in [2.45, 2.75) is 17.6 Å². The van der Waals surface area contributed by atoms with E-state index < -0.39 is 50.3 Å². The number of carboxylic acids is 1. The molecular formula is C15H10F3N3O6S2. The van der Waals surface area contributed by atoms with Gasteiger partial charge in [0.2, 0.25) is 10.0 Å². The number of thiophene rings is 1. The maximum Gasteiger partial charge on any atom is 0.416 e. The number of anilines is 1. The third-order valence-corrected chi connectivity index (χ3v) is 6.11. The van der Waals surface area contributed by atoms with Crippen LogP contribution in [0, 0.1) is 0 Å². The van der Waals surface area contributed by atoms with Crippen LogP contribution in [0.2, 0.25) is 0 Å². The predicted molar refractivity (Wildman–Crippen MR) is 95.1 cm³/mol. The van der Waals surface area contributed by atoms with Gasteiger partial charge in [0.05, 0.1) is 16.0 Å². The van der Waals surface area contributed by atoms with Gasteiger partial charge in [0.15, 0.2) is 0 Å². The van der Waals surface area contributed by atoms with Crippen molar-refractivity contribution in [1.82, 2.24) is 9.40 Å². The topological polar surface area (TPSA) is 135 Å². The lowest BCUT2D eigenvalue weighted by Crippen LogP contribution is -2.23. The van der Waals surface area contributed by atoms with Crippen LogP contribution in [-0.2, 0) is 22.7 Å². The zero-order chi connectivity index (χ0) is 21.6. The van der Waals surface area contributed by atoms with E-state index in [4.69, 9.17) is 0 Å². The number of rotatable bonds is 7. The smallest absolute Gasteiger partial charge is 0.416 e. The average Bonchev–Trinajstić information content (AvgIpc) is 3.04. The molecule has 3 rings (SSSR count). The van der Waals surface area contributed by atoms with E-state index in [9.17, 15) is 41.1 Å². The second kappa shape index (κ2) is 7.13. The molecule has 0 bridgehead atoms. The van der Waals surface area contributed by atoms with Gasteiger partial charge in [-0.2, -0.15) is 17.8 Å². The van der Waals surface area contributed by atoms with E-state index in [2.05, 4.69) is 10.1 Å². The number of aromatic carboxylic acids is 1. The molecule has 2 aromatic heterocycles. The Morgan fingerprint density at radius 3 is 2.38 bits per heavy atom. The van der Waals surface area contributed by atoms with Crippen molar-refractivity contribution in [3.8, 4) is 0 Å². The molecule has 0 aliphatic heterocycles. The van der Waals surface area contributed by atoms with Gasteiger partial charge in [-0.1, -0.05) is 6.07 Å². The summed E-state index contributed by atoms with van der Waals surface area (Å²) >= 11 is 0.759. The van der Waals surface area contributed by atoms with Crippen molar-refractivity contribution >= 4 is 32.3 Å². The summed E-state index contributed by atoms with van der Waals surface area (Å²) in [6.07, 6.45) is -4.72. The molecule has 1 aromatic carbocycles. The van der Waals surface area contributed by atoms with Crippen molar-refractivity contribution in [3.63, 3.8) is 0 Å². The van der Waals surface area contributed by atoms with Gasteiger partial charge >= 0.3 is 23.3 Å². The van der Waals surface area contributed by atoms with Gasteiger partial charge in [-0.05, 0) is 24.3 Å². The third-order valence-electron chi connectivity index (χ3n) is 3.67. The van der Waals surface area contributed by atoms with Gasteiger partial charge in [-0.3, -0.25) is 15.0 Å². The molecule has 9 nitrogen and oxygen atoms in total. The molecule has 0 radical (unpaired) electrons. The standard InChI is InChI=1S/C15H10F3N3O6S2/c16-15(17,18)7-2-1-3-9(4-7)29(26,27)19-6-8-5-10(14(24)25)11(28-8)20-21-12(22)13(21)23/h1-5,19-20H,6H2,(H,24,25). The Morgan fingerprint density at radius 2 is 1.83 bits per heavy atom. The second-order valence-corrected chi connectivity index (χ2v) is 8.57. The highest BCUT2D eigenvalue weighted by atomic mass is 32.2. The average molecular weight is 449 g/mol. The molecule has 3 N–H and O–H groups in total. The first-order chi connectivity index (χ1) is 13.4. The number of carbonyl (C=O) groups is 1. The Morgan fingerprint density at radius 1 is 1.17 bits per heavy atom. The molecular weight excluding hydrogens is 439 g/mol. The van der Waals surface area contributed by atoms with Crippen LogP contribution >= 0.6 is 11.3 Å². The lowest BCUT2D eigenvalue weighted by Gasteiger charge is -2.10. The minimum absolute atomic E-state index is 0.0787. The van der Waals surface area contributed by atoms with Crippen LogP contribution < -0.4 is 21.3 Å². The zero-order valence-electron chi connectivity index (χ0n) is 14.0. The van der Waals surface area contributed by atoms with Gasteiger partial charge < -0.3 is 5.11 Å². The number of benzene rings is 1. The van der Waals surface area contributed by atoms with Crippen LogP contribution in [0.25, 0.3) is 0 Å². The number of hydrogen-bond donors (Lipinski definition) is 3. The summed E-state index contributed by atoms with van der Waals surface area (Å²) in [4.78, 5) is 32.9. The number of halogens is 3. The van der Waals surface area contributed by atoms with Crippen molar-refractivity contribution in [3.05, 3.63) is 67.0 Å². The summed E-state index contributed by atoms with van der Waals surface area (Å²) in [6, 6.07) is 4.25. The monoisotopic (exact) mass is 449 g/mol. The molecule has 0 fully saturated rings. The fraction of sp³-hybridized carbons (Fsp3) is 0.133. The summed E-state index contributed by atoms with van der Waals surface area (Å²) in [5.41, 5.74) is -0.856. The normalized spacial score (nSPS) is 12.4. The van der Waals surface area contributed by atoms with Gasteiger partial charge in [-0.15, -0.1) is 11.3 Å². The number of alkyl halides is 3. The minimum atomic E-state index is -4.72. The van der Waals surface area contributed by atoms with Gasteiger partial charge in [-0.25, -0.2) is 17.9 Å². The minimum Gasteiger partial charge on any atom is -0.478 e. The lowest BCUT2D eigenvalue weighted by molar-refractivity contribution is -0.137. The first-order valence-corrected chi connectivity index (χ1v) is 9.88. The van der Waals surface area contributed by atoms with Crippen LogP contribution in [0.4, 0.5) is 18.2 Å². The van der Waals surface area contributed by atoms with Crippen LogP contribution in [0.15, 0.2) is 44.8 Å². The van der Waals surface area contributed by atoms with E-state index in [-0.39, 0.29) is 15.4 Å². The summed E-state index contributed by atoms with van der Waals surface area (Å²) in [5, 5.41) is 9.11. The molecule has 0 atom stereocenters. The summed E-state index contributed by atoms with van der Waals surface area (Å²) in [5.74, 6) is -1.39. The van der Waals surface area contributed by atoms with Crippen molar-refractivity contribution in [2.24, 2.45) is 0 Å². The van der Waals surface area contributed by atoms with Crippen molar-refractivity contribution in [2.75, 3.05) is 5.43 Å². The van der Waals surface area contributed by atoms with Crippen LogP contribution in [-0.4, -0.2) is 24.2 Å². The third kappa shape index (κ3) is 4.38. The van der Waals surface area contributed by atoms with Crippen LogP contribution in [0.5, 0.6) is 0 Å². The Kier molecular flexibility index (Phi) is 5.10. The lowest BCUT2D eigenvalue weighted by atomic mass is 10.2. The Bertz CT molecular complexity index is 1240. The largest absolute Gasteiger partial charge is 0.478 e. The number of sulfonamides is 1. The maximum atomic E-state index is 12.8. The van der Waals surface area contributed by atoms with Gasteiger partial charge in [0, 0.05) is 11.4 Å². The fourth-order valence-corrected chi connectivity index (χ4v) is 4.32. The summed E-state index contributed by atoms with van der Waals surface area (Å²) < 4.78 is 65.5. The highest BCUT2D eigenvalue weighted by Gasteiger charge is 2.31. The van der Waals surface area contributed by atoms with Crippen LogP contribution in [0.3, 0.4) is 0 Å². The van der Waals surface area contributed by atoms with Crippen LogP contribution in [0.1, 0.15) is 20.8 Å². The van der Waals surface area contributed by atoms with E-state index in [0.717, 1.165) is 35.6 Å². The zero-order valence-corrected chi connectivity index (χ0v) is 15.6. The van der Waals surface area contributed by atoms with E-state index in [1.165, 1.54) is 0 Å². The predicted octanol–water partition coefficient (Wildman–Crippen LogP) is 1.22. The molecule has 3 aromatic rings. The van der Waals surface area contributed by atoms with E-state index >= 15 is 0 Å². The van der Waals surface area contributed by atoms with E-state index in [1.807, 2.05) is 0 Å². The second-order valence-electron chi connectivity index (χ2n) is 5.67. The number of carboxylic acid groups (broad SMARTS) is 1. The Hall–Kier alpha value is -2.97. The molecule has 0 spiro atoms. The number of nitrogens with one attached hydrogen (secondary N) is 2. The van der Waals surface area contributed by atoms with Gasteiger partial charge in [0.1, 0.15) is 5.00 Å². The number of aromatic nitrogens is 1. The quantitative estimate of drug-likeness (QED) is 0.462. The number of hydrogen-bond acceptors (Lipinski definition) is 7. The molecule has 29 heavy (non-hydrogen) atoms. The van der Waals surface area contributed by atoms with E-state index in [1.54, 1.807) is 0 Å². The van der Waals surface area contributed by atoms with Crippen molar-refractivity contribution < 1.29 is 31.5 Å². The van der Waals surface area contributed by atoms with Gasteiger partial charge in [0.25, 0.3) is 0 Å². The molecule has 0 aliphatic rings.